The molecule has 0 spiro atoms. The molecule has 0 unspecified atom stereocenters. The summed E-state index contributed by atoms with van der Waals surface area (Å²) in [5.74, 6) is 0.103. The molecular weight excluding hydrogens is 102 g/mol. The van der Waals surface area contributed by atoms with Gasteiger partial charge >= 0.3 is 0 Å². The Bertz CT molecular complexity index is 99.6. The molecule has 0 atom stereocenters. The summed E-state index contributed by atoms with van der Waals surface area (Å²) in [6.45, 7) is 3.85. The minimum absolute atomic E-state index is 0.103. The number of hydrogen-bond acceptors (Lipinski definition) is 1. The zero-order valence-corrected chi connectivity index (χ0v) is 5.18. The van der Waals surface area contributed by atoms with Crippen molar-refractivity contribution in [1.82, 2.24) is 0 Å². The first-order valence-corrected chi connectivity index (χ1v) is 2.35. The molecule has 3 heteroatoms. The minimum Gasteiger partial charge on any atom is -0.370 e. The van der Waals surface area contributed by atoms with E-state index >= 15 is 0 Å². The van der Waals surface area contributed by atoms with E-state index in [9.17, 15) is 0 Å². The number of allylic oxidation sites excluding steroid dienone is 1. The van der Waals surface area contributed by atoms with Gasteiger partial charge in [0.25, 0.3) is 0 Å². The van der Waals surface area contributed by atoms with Crippen molar-refractivity contribution >= 4 is 5.96 Å². The summed E-state index contributed by atoms with van der Waals surface area (Å²) < 4.78 is 0. The molecule has 3 nitrogen and oxygen atoms in total. The highest BCUT2D eigenvalue weighted by Gasteiger charge is 1.73. The van der Waals surface area contributed by atoms with Gasteiger partial charge in [0, 0.05) is 6.20 Å². The molecule has 0 amide bonds. The normalized spacial score (nSPS) is 7.75. The Balaban J connectivity index is 3.76. The van der Waals surface area contributed by atoms with Gasteiger partial charge in [-0.1, -0.05) is 5.57 Å². The van der Waals surface area contributed by atoms with E-state index in [2.05, 4.69) is 4.99 Å². The van der Waals surface area contributed by atoms with Gasteiger partial charge in [-0.3, -0.25) is 0 Å². The number of rotatable bonds is 1. The predicted octanol–water partition coefficient (Wildman–Crippen LogP) is 0.184. The average Bonchev–Trinajstić information content (AvgIpc) is 1.61. The molecule has 0 aliphatic carbocycles. The average molecular weight is 113 g/mol. The summed E-state index contributed by atoms with van der Waals surface area (Å²) in [7, 11) is 0. The van der Waals surface area contributed by atoms with Crippen molar-refractivity contribution in [2.45, 2.75) is 13.8 Å². The summed E-state index contributed by atoms with van der Waals surface area (Å²) in [5, 5.41) is 0. The summed E-state index contributed by atoms with van der Waals surface area (Å²) in [6, 6.07) is 0. The van der Waals surface area contributed by atoms with Gasteiger partial charge in [-0.25, -0.2) is 4.99 Å². The van der Waals surface area contributed by atoms with Crippen molar-refractivity contribution in [2.24, 2.45) is 16.5 Å². The van der Waals surface area contributed by atoms with E-state index in [-0.39, 0.29) is 5.96 Å². The van der Waals surface area contributed by atoms with Crippen LogP contribution in [0.5, 0.6) is 0 Å². The highest BCUT2D eigenvalue weighted by molar-refractivity contribution is 5.76. The Morgan fingerprint density at radius 2 is 1.88 bits per heavy atom. The first kappa shape index (κ1) is 7.01. The summed E-state index contributed by atoms with van der Waals surface area (Å²) in [5.41, 5.74) is 11.1. The van der Waals surface area contributed by atoms with Crippen molar-refractivity contribution in [3.05, 3.63) is 11.8 Å². The van der Waals surface area contributed by atoms with E-state index in [1.807, 2.05) is 13.8 Å². The van der Waals surface area contributed by atoms with E-state index in [1.165, 1.54) is 0 Å². The van der Waals surface area contributed by atoms with E-state index in [4.69, 9.17) is 11.5 Å². The van der Waals surface area contributed by atoms with Gasteiger partial charge in [-0.05, 0) is 13.8 Å². The van der Waals surface area contributed by atoms with Crippen molar-refractivity contribution < 1.29 is 0 Å². The number of nitrogens with zero attached hydrogens (tertiary/aromatic N) is 1. The molecule has 46 valence electrons. The van der Waals surface area contributed by atoms with Gasteiger partial charge in [0.15, 0.2) is 5.96 Å². The number of hydrogen-bond donors (Lipinski definition) is 2. The van der Waals surface area contributed by atoms with Crippen LogP contribution in [0.1, 0.15) is 13.8 Å². The van der Waals surface area contributed by atoms with Crippen molar-refractivity contribution in [2.75, 3.05) is 0 Å². The van der Waals surface area contributed by atoms with Crippen LogP contribution < -0.4 is 11.5 Å². The van der Waals surface area contributed by atoms with Crippen LogP contribution in [0.3, 0.4) is 0 Å². The quantitative estimate of drug-likeness (QED) is 0.376. The van der Waals surface area contributed by atoms with E-state index in [1.54, 1.807) is 6.20 Å². The van der Waals surface area contributed by atoms with Gasteiger partial charge in [-0.15, -0.1) is 0 Å². The van der Waals surface area contributed by atoms with Crippen LogP contribution >= 0.6 is 0 Å². The molecule has 0 heterocycles. The Morgan fingerprint density at radius 1 is 1.38 bits per heavy atom. The maximum Gasteiger partial charge on any atom is 0.190 e. The molecule has 8 heavy (non-hydrogen) atoms. The molecule has 0 aromatic carbocycles. The SMILES string of the molecule is CC(C)=CN=C(N)N. The van der Waals surface area contributed by atoms with Gasteiger partial charge in [0.2, 0.25) is 0 Å². The van der Waals surface area contributed by atoms with E-state index < -0.39 is 0 Å². The van der Waals surface area contributed by atoms with E-state index in [0.29, 0.717) is 0 Å². The Morgan fingerprint density at radius 3 is 2.00 bits per heavy atom. The highest BCUT2D eigenvalue weighted by Crippen LogP contribution is 1.86. The second-order valence-electron chi connectivity index (χ2n) is 1.76. The van der Waals surface area contributed by atoms with Crippen LogP contribution in [-0.4, -0.2) is 5.96 Å². The lowest BCUT2D eigenvalue weighted by atomic mass is 10.4. The smallest absolute Gasteiger partial charge is 0.190 e. The first-order chi connectivity index (χ1) is 3.63. The lowest BCUT2D eigenvalue weighted by Crippen LogP contribution is -2.21. The van der Waals surface area contributed by atoms with Gasteiger partial charge in [-0.2, -0.15) is 0 Å². The summed E-state index contributed by atoms with van der Waals surface area (Å²) in [6.07, 6.45) is 1.62. The second kappa shape index (κ2) is 3.07. The maximum absolute atomic E-state index is 5.02. The van der Waals surface area contributed by atoms with Crippen LogP contribution in [0.25, 0.3) is 0 Å². The maximum atomic E-state index is 5.02. The standard InChI is InChI=1S/C5H11N3/c1-4(2)3-8-5(6)7/h3H,1-2H3,(H4,6,7,8). The molecule has 0 rings (SSSR count). The Hall–Kier alpha value is -0.990. The molecule has 0 aromatic rings. The van der Waals surface area contributed by atoms with Gasteiger partial charge < -0.3 is 11.5 Å². The second-order valence-corrected chi connectivity index (χ2v) is 1.76. The largest absolute Gasteiger partial charge is 0.370 e. The molecule has 0 saturated carbocycles. The third kappa shape index (κ3) is 5.01. The third-order valence-electron chi connectivity index (χ3n) is 0.472. The van der Waals surface area contributed by atoms with Crippen LogP contribution in [-0.2, 0) is 0 Å². The molecule has 0 saturated heterocycles. The molecule has 0 aromatic heterocycles. The molecule has 0 radical (unpaired) electrons. The molecule has 0 aliphatic heterocycles. The lowest BCUT2D eigenvalue weighted by Gasteiger charge is -1.84. The van der Waals surface area contributed by atoms with Crippen LogP contribution in [0.15, 0.2) is 16.8 Å². The monoisotopic (exact) mass is 113 g/mol. The topological polar surface area (TPSA) is 64.4 Å². The molecule has 0 aliphatic rings. The minimum atomic E-state index is 0.103. The fourth-order valence-electron chi connectivity index (χ4n) is 0.204. The summed E-state index contributed by atoms with van der Waals surface area (Å²) >= 11 is 0. The molecule has 4 N–H and O–H groups in total. The van der Waals surface area contributed by atoms with E-state index in [0.717, 1.165) is 5.57 Å². The Labute approximate surface area is 49.1 Å². The zero-order valence-electron chi connectivity index (χ0n) is 5.18. The Kier molecular flexibility index (Phi) is 2.69. The molecule has 0 fully saturated rings. The number of nitrogens with two attached hydrogens (primary N) is 2. The van der Waals surface area contributed by atoms with Crippen molar-refractivity contribution in [1.29, 1.82) is 0 Å². The summed E-state index contributed by atoms with van der Waals surface area (Å²) in [4.78, 5) is 3.63. The number of aliphatic imine (C=N–C) groups is 1. The van der Waals surface area contributed by atoms with Gasteiger partial charge in [0.1, 0.15) is 0 Å². The number of guanidine groups is 1. The van der Waals surface area contributed by atoms with Crippen LogP contribution in [0, 0.1) is 0 Å². The fraction of sp³-hybridized carbons (Fsp3) is 0.400. The van der Waals surface area contributed by atoms with Crippen LogP contribution in [0.4, 0.5) is 0 Å². The van der Waals surface area contributed by atoms with Crippen LogP contribution in [0.2, 0.25) is 0 Å². The zero-order chi connectivity index (χ0) is 6.57. The van der Waals surface area contributed by atoms with Crippen molar-refractivity contribution in [3.8, 4) is 0 Å². The first-order valence-electron chi connectivity index (χ1n) is 2.35. The lowest BCUT2D eigenvalue weighted by molar-refractivity contribution is 1.31. The third-order valence-corrected chi connectivity index (χ3v) is 0.472. The van der Waals surface area contributed by atoms with Crippen molar-refractivity contribution in [3.63, 3.8) is 0 Å². The fourth-order valence-corrected chi connectivity index (χ4v) is 0.204. The predicted molar refractivity (Wildman–Crippen MR) is 35.2 cm³/mol. The molecule has 0 bridgehead atoms. The van der Waals surface area contributed by atoms with Gasteiger partial charge in [0.05, 0.1) is 0 Å². The highest BCUT2D eigenvalue weighted by atomic mass is 15.0. The molecular formula is C5H11N3.